The lowest BCUT2D eigenvalue weighted by Crippen LogP contribution is -1.97. The second-order valence-electron chi connectivity index (χ2n) is 5.73. The maximum atomic E-state index is 10.9. The Labute approximate surface area is 109 Å². The van der Waals surface area contributed by atoms with Gasteiger partial charge in [-0.15, -0.1) is 0 Å². The van der Waals surface area contributed by atoms with Gasteiger partial charge < -0.3 is 9.52 Å². The predicted molar refractivity (Wildman–Crippen MR) is 72.0 cm³/mol. The third-order valence-corrected chi connectivity index (χ3v) is 3.05. The van der Waals surface area contributed by atoms with Gasteiger partial charge in [-0.25, -0.2) is 4.79 Å². The van der Waals surface area contributed by atoms with E-state index >= 15 is 0 Å². The van der Waals surface area contributed by atoms with Gasteiger partial charge >= 0.3 is 5.97 Å². The van der Waals surface area contributed by atoms with Gasteiger partial charge in [-0.3, -0.25) is 0 Å². The Kier molecular flexibility index (Phi) is 5.45. The van der Waals surface area contributed by atoms with Gasteiger partial charge in [0, 0.05) is 6.42 Å². The molecule has 0 saturated carbocycles. The average molecular weight is 252 g/mol. The number of carboxylic acid groups (broad SMARTS) is 1. The number of carboxylic acids is 1. The largest absolute Gasteiger partial charge is 0.475 e. The maximum Gasteiger partial charge on any atom is 0.371 e. The van der Waals surface area contributed by atoms with Crippen molar-refractivity contribution in [2.75, 3.05) is 0 Å². The molecule has 102 valence electrons. The van der Waals surface area contributed by atoms with Gasteiger partial charge in [0.1, 0.15) is 5.76 Å². The van der Waals surface area contributed by atoms with E-state index in [-0.39, 0.29) is 5.76 Å². The van der Waals surface area contributed by atoms with Crippen LogP contribution in [0.1, 0.15) is 62.4 Å². The molecular weight excluding hydrogens is 228 g/mol. The first-order chi connectivity index (χ1) is 8.40. The molecule has 1 rings (SSSR count). The van der Waals surface area contributed by atoms with Crippen LogP contribution in [0.2, 0.25) is 0 Å². The molecule has 0 aliphatic heterocycles. The SMILES string of the molecule is CC(C)CCc1cc(C(=O)O)oc1CCC(C)C. The minimum absolute atomic E-state index is 0.0764. The number of furan rings is 1. The number of aromatic carboxylic acids is 1. The molecule has 1 aromatic heterocycles. The van der Waals surface area contributed by atoms with Crippen LogP contribution in [-0.4, -0.2) is 11.1 Å². The van der Waals surface area contributed by atoms with E-state index < -0.39 is 5.97 Å². The summed E-state index contributed by atoms with van der Waals surface area (Å²) in [5, 5.41) is 8.98. The summed E-state index contributed by atoms with van der Waals surface area (Å²) in [6.45, 7) is 8.67. The normalized spacial score (nSPS) is 11.4. The van der Waals surface area contributed by atoms with E-state index in [0.29, 0.717) is 11.8 Å². The van der Waals surface area contributed by atoms with Crippen molar-refractivity contribution in [3.05, 3.63) is 23.2 Å². The molecule has 1 aromatic rings. The van der Waals surface area contributed by atoms with Crippen molar-refractivity contribution >= 4 is 5.97 Å². The minimum atomic E-state index is -0.975. The Balaban J connectivity index is 2.79. The molecule has 0 atom stereocenters. The average Bonchev–Trinajstić information content (AvgIpc) is 2.66. The molecule has 0 aliphatic rings. The van der Waals surface area contributed by atoms with E-state index in [1.54, 1.807) is 6.07 Å². The summed E-state index contributed by atoms with van der Waals surface area (Å²) in [7, 11) is 0. The molecule has 1 N–H and O–H groups in total. The zero-order chi connectivity index (χ0) is 13.7. The number of rotatable bonds is 7. The number of hydrogen-bond acceptors (Lipinski definition) is 2. The minimum Gasteiger partial charge on any atom is -0.475 e. The second-order valence-corrected chi connectivity index (χ2v) is 5.73. The fourth-order valence-corrected chi connectivity index (χ4v) is 1.86. The van der Waals surface area contributed by atoms with Crippen LogP contribution in [0.25, 0.3) is 0 Å². The van der Waals surface area contributed by atoms with Gasteiger partial charge in [-0.1, -0.05) is 27.7 Å². The molecule has 0 aromatic carbocycles. The Morgan fingerprint density at radius 3 is 2.22 bits per heavy atom. The summed E-state index contributed by atoms with van der Waals surface area (Å²) in [4.78, 5) is 10.9. The number of hydrogen-bond donors (Lipinski definition) is 1. The van der Waals surface area contributed by atoms with Gasteiger partial charge in [0.05, 0.1) is 0 Å². The van der Waals surface area contributed by atoms with Crippen molar-refractivity contribution in [3.8, 4) is 0 Å². The first kappa shape index (κ1) is 14.8. The fourth-order valence-electron chi connectivity index (χ4n) is 1.86. The number of carbonyl (C=O) groups is 1. The highest BCUT2D eigenvalue weighted by Gasteiger charge is 2.16. The zero-order valence-corrected chi connectivity index (χ0v) is 11.8. The lowest BCUT2D eigenvalue weighted by Gasteiger charge is -2.06. The van der Waals surface area contributed by atoms with Crippen LogP contribution in [0.5, 0.6) is 0 Å². The van der Waals surface area contributed by atoms with Crippen LogP contribution in [0.4, 0.5) is 0 Å². The Morgan fingerprint density at radius 2 is 1.72 bits per heavy atom. The molecule has 3 nitrogen and oxygen atoms in total. The van der Waals surface area contributed by atoms with E-state index in [4.69, 9.17) is 9.52 Å². The third kappa shape index (κ3) is 4.55. The smallest absolute Gasteiger partial charge is 0.371 e. The molecule has 0 unspecified atom stereocenters. The van der Waals surface area contributed by atoms with Gasteiger partial charge in [-0.05, 0) is 42.7 Å². The fraction of sp³-hybridized carbons (Fsp3) is 0.667. The van der Waals surface area contributed by atoms with Crippen LogP contribution < -0.4 is 0 Å². The molecule has 0 spiro atoms. The summed E-state index contributed by atoms with van der Waals surface area (Å²) in [5.74, 6) is 1.18. The van der Waals surface area contributed by atoms with Crippen molar-refractivity contribution in [3.63, 3.8) is 0 Å². The first-order valence-electron chi connectivity index (χ1n) is 6.75. The summed E-state index contributed by atoms with van der Waals surface area (Å²) in [6, 6.07) is 1.69. The van der Waals surface area contributed by atoms with Gasteiger partial charge in [0.2, 0.25) is 5.76 Å². The Bertz CT molecular complexity index is 359. The van der Waals surface area contributed by atoms with E-state index in [1.807, 2.05) is 0 Å². The van der Waals surface area contributed by atoms with Gasteiger partial charge in [0.15, 0.2) is 0 Å². The Hall–Kier alpha value is -1.25. The Morgan fingerprint density at radius 1 is 1.17 bits per heavy atom. The van der Waals surface area contributed by atoms with E-state index in [9.17, 15) is 4.79 Å². The molecule has 3 heteroatoms. The molecule has 0 bridgehead atoms. The molecule has 1 heterocycles. The highest BCUT2D eigenvalue weighted by atomic mass is 16.4. The van der Waals surface area contributed by atoms with Crippen LogP contribution in [-0.2, 0) is 12.8 Å². The van der Waals surface area contributed by atoms with Crippen molar-refractivity contribution in [2.24, 2.45) is 11.8 Å². The molecule has 0 aliphatic carbocycles. The first-order valence-corrected chi connectivity index (χ1v) is 6.75. The predicted octanol–water partition coefficient (Wildman–Crippen LogP) is 4.16. The molecule has 0 fully saturated rings. The summed E-state index contributed by atoms with van der Waals surface area (Å²) < 4.78 is 5.46. The van der Waals surface area contributed by atoms with E-state index in [1.165, 1.54) is 0 Å². The lowest BCUT2D eigenvalue weighted by atomic mass is 9.99. The summed E-state index contributed by atoms with van der Waals surface area (Å²) in [5.41, 5.74) is 1.07. The number of aryl methyl sites for hydroxylation is 2. The van der Waals surface area contributed by atoms with Crippen molar-refractivity contribution < 1.29 is 14.3 Å². The van der Waals surface area contributed by atoms with Crippen LogP contribution in [0.3, 0.4) is 0 Å². The zero-order valence-electron chi connectivity index (χ0n) is 11.8. The van der Waals surface area contributed by atoms with Gasteiger partial charge in [0.25, 0.3) is 0 Å². The molecule has 0 radical (unpaired) electrons. The monoisotopic (exact) mass is 252 g/mol. The quantitative estimate of drug-likeness (QED) is 0.792. The van der Waals surface area contributed by atoms with Crippen molar-refractivity contribution in [1.82, 2.24) is 0 Å². The van der Waals surface area contributed by atoms with E-state index in [0.717, 1.165) is 37.0 Å². The van der Waals surface area contributed by atoms with Crippen LogP contribution in [0.15, 0.2) is 10.5 Å². The highest BCUT2D eigenvalue weighted by Crippen LogP contribution is 2.22. The van der Waals surface area contributed by atoms with Crippen molar-refractivity contribution in [1.29, 1.82) is 0 Å². The molecule has 18 heavy (non-hydrogen) atoms. The van der Waals surface area contributed by atoms with Crippen molar-refractivity contribution in [2.45, 2.75) is 53.4 Å². The topological polar surface area (TPSA) is 50.4 Å². The third-order valence-electron chi connectivity index (χ3n) is 3.05. The summed E-state index contributed by atoms with van der Waals surface area (Å²) in [6.07, 6.45) is 3.83. The second kappa shape index (κ2) is 6.62. The lowest BCUT2D eigenvalue weighted by molar-refractivity contribution is 0.0660. The summed E-state index contributed by atoms with van der Waals surface area (Å²) >= 11 is 0. The van der Waals surface area contributed by atoms with Crippen LogP contribution in [0, 0.1) is 11.8 Å². The molecule has 0 saturated heterocycles. The van der Waals surface area contributed by atoms with E-state index in [2.05, 4.69) is 27.7 Å². The standard InChI is InChI=1S/C15H24O3/c1-10(2)5-7-12-9-14(15(16)17)18-13(12)8-6-11(3)4/h9-11H,5-8H2,1-4H3,(H,16,17). The highest BCUT2D eigenvalue weighted by molar-refractivity contribution is 5.84. The van der Waals surface area contributed by atoms with Crippen LogP contribution >= 0.6 is 0 Å². The molecule has 0 amide bonds. The van der Waals surface area contributed by atoms with Gasteiger partial charge in [-0.2, -0.15) is 0 Å². The maximum absolute atomic E-state index is 10.9. The molecular formula is C15H24O3.